The maximum Gasteiger partial charge on any atom is 0.330 e. The first-order valence-corrected chi connectivity index (χ1v) is 8.24. The van der Waals surface area contributed by atoms with Gasteiger partial charge in [0.25, 0.3) is 5.91 Å². The highest BCUT2D eigenvalue weighted by Crippen LogP contribution is 2.54. The Hall–Kier alpha value is -1.57. The zero-order chi connectivity index (χ0) is 16.8. The van der Waals surface area contributed by atoms with E-state index >= 15 is 0 Å². The third-order valence-electron chi connectivity index (χ3n) is 4.33. The molecule has 2 fully saturated rings. The van der Waals surface area contributed by atoms with E-state index in [1.165, 1.54) is 23.8 Å². The molecule has 3 rings (SSSR count). The van der Waals surface area contributed by atoms with E-state index in [0.717, 1.165) is 5.56 Å². The van der Waals surface area contributed by atoms with Crippen molar-refractivity contribution in [2.45, 2.75) is 42.3 Å². The Morgan fingerprint density at radius 2 is 2.00 bits per heavy atom. The van der Waals surface area contributed by atoms with Crippen molar-refractivity contribution >= 4 is 23.6 Å². The minimum atomic E-state index is -1.35. The molecule has 2 aliphatic rings. The van der Waals surface area contributed by atoms with Crippen LogP contribution in [0.2, 0.25) is 0 Å². The van der Waals surface area contributed by atoms with Crippen LogP contribution in [0.4, 0.5) is 0 Å². The number of esters is 1. The maximum absolute atomic E-state index is 12.6. The number of carbonyl (C=O) groups is 2. The molecule has 2 N–H and O–H groups in total. The average Bonchev–Trinajstić information content (AvgIpc) is 2.82. The second-order valence-corrected chi connectivity index (χ2v) is 8.01. The highest BCUT2D eigenvalue weighted by atomic mass is 32.2. The van der Waals surface area contributed by atoms with Crippen molar-refractivity contribution in [2.24, 2.45) is 5.73 Å². The molecule has 0 radical (unpaired) electrons. The number of hydrogen-bond acceptors (Lipinski definition) is 6. The molecule has 3 atom stereocenters. The van der Waals surface area contributed by atoms with Gasteiger partial charge in [-0.3, -0.25) is 10.5 Å². The zero-order valence-corrected chi connectivity index (χ0v) is 14.1. The van der Waals surface area contributed by atoms with Crippen molar-refractivity contribution in [3.8, 4) is 0 Å². The van der Waals surface area contributed by atoms with Crippen molar-refractivity contribution < 1.29 is 19.1 Å². The van der Waals surface area contributed by atoms with Crippen LogP contribution in [0.3, 0.4) is 0 Å². The second-order valence-electron chi connectivity index (χ2n) is 6.28. The van der Waals surface area contributed by atoms with Crippen molar-refractivity contribution in [1.82, 2.24) is 4.90 Å². The van der Waals surface area contributed by atoms with E-state index in [0.29, 0.717) is 0 Å². The van der Waals surface area contributed by atoms with Crippen LogP contribution in [0, 0.1) is 0 Å². The van der Waals surface area contributed by atoms with Gasteiger partial charge in [-0.1, -0.05) is 30.3 Å². The van der Waals surface area contributed by atoms with Crippen LogP contribution in [-0.4, -0.2) is 45.8 Å². The maximum atomic E-state index is 12.6. The predicted octanol–water partition coefficient (Wildman–Crippen LogP) is 1.09. The number of ether oxygens (including phenoxy) is 2. The average molecular weight is 336 g/mol. The van der Waals surface area contributed by atoms with Gasteiger partial charge in [0, 0.05) is 11.9 Å². The molecular weight excluding hydrogens is 316 g/mol. The number of hydrogen-bond donors (Lipinski definition) is 1. The molecule has 0 aliphatic carbocycles. The number of nitrogens with zero attached hydrogens (tertiary/aromatic N) is 1. The van der Waals surface area contributed by atoms with E-state index in [9.17, 15) is 9.59 Å². The van der Waals surface area contributed by atoms with E-state index < -0.39 is 22.5 Å². The summed E-state index contributed by atoms with van der Waals surface area (Å²) in [5, 5.41) is -0.371. The van der Waals surface area contributed by atoms with Crippen molar-refractivity contribution in [1.29, 1.82) is 0 Å². The summed E-state index contributed by atoms with van der Waals surface area (Å²) >= 11 is 1.47. The van der Waals surface area contributed by atoms with E-state index in [2.05, 4.69) is 0 Å². The number of methoxy groups -OCH3 is 1. The molecule has 1 aromatic rings. The first-order valence-electron chi connectivity index (χ1n) is 7.36. The number of nitrogens with two attached hydrogens (primary N) is 1. The zero-order valence-electron chi connectivity index (χ0n) is 13.3. The summed E-state index contributed by atoms with van der Waals surface area (Å²) in [5.41, 5.74) is 5.55. The molecule has 0 aromatic heterocycles. The SMILES string of the molecule is COC1(N)C(=O)N2[C@@H](C(=O)OCc3ccccc3)C(C)(C)S[C@@H]21. The summed E-state index contributed by atoms with van der Waals surface area (Å²) < 4.78 is 10.1. The molecule has 0 spiro atoms. The highest BCUT2D eigenvalue weighted by molar-refractivity contribution is 8.01. The Morgan fingerprint density at radius 1 is 1.35 bits per heavy atom. The molecule has 0 bridgehead atoms. The van der Waals surface area contributed by atoms with Gasteiger partial charge in [0.1, 0.15) is 18.0 Å². The number of amides is 1. The molecule has 1 aromatic carbocycles. The van der Waals surface area contributed by atoms with Crippen LogP contribution >= 0.6 is 11.8 Å². The number of benzene rings is 1. The molecule has 6 nitrogen and oxygen atoms in total. The Bertz CT molecular complexity index is 636. The first kappa shape index (κ1) is 16.3. The van der Waals surface area contributed by atoms with Crippen LogP contribution < -0.4 is 5.73 Å². The largest absolute Gasteiger partial charge is 0.459 e. The minimum absolute atomic E-state index is 0.182. The number of thioether (sulfide) groups is 1. The summed E-state index contributed by atoms with van der Waals surface area (Å²) in [6.07, 6.45) is 0. The molecular formula is C16H20N2O4S. The standard InChI is InChI=1S/C16H20N2O4S/c1-15(2)11(12(19)22-9-10-7-5-4-6-8-10)18-13(20)16(17,21-3)14(18)23-15/h4-8,11,14H,9,17H2,1-3H3/t11-,14+,16?/m0/s1. The molecule has 7 heteroatoms. The first-order chi connectivity index (χ1) is 10.8. The van der Waals surface area contributed by atoms with Gasteiger partial charge in [0.15, 0.2) is 0 Å². The van der Waals surface area contributed by atoms with Crippen LogP contribution in [-0.2, 0) is 25.7 Å². The minimum Gasteiger partial charge on any atom is -0.459 e. The third kappa shape index (κ3) is 2.43. The summed E-state index contributed by atoms with van der Waals surface area (Å²) in [6.45, 7) is 4.00. The summed E-state index contributed by atoms with van der Waals surface area (Å²) in [5.74, 6) is -0.787. The van der Waals surface area contributed by atoms with Crippen LogP contribution in [0.25, 0.3) is 0 Å². The monoisotopic (exact) mass is 336 g/mol. The van der Waals surface area contributed by atoms with Crippen LogP contribution in [0.5, 0.6) is 0 Å². The van der Waals surface area contributed by atoms with Gasteiger partial charge in [-0.15, -0.1) is 11.8 Å². The molecule has 2 aliphatic heterocycles. The van der Waals surface area contributed by atoms with Gasteiger partial charge in [0.05, 0.1) is 0 Å². The summed E-state index contributed by atoms with van der Waals surface area (Å²) in [4.78, 5) is 26.4. The fourth-order valence-corrected chi connectivity index (χ4v) is 4.65. The van der Waals surface area contributed by atoms with E-state index in [1.54, 1.807) is 0 Å². The third-order valence-corrected chi connectivity index (χ3v) is 5.96. The molecule has 124 valence electrons. The fraction of sp³-hybridized carbons (Fsp3) is 0.500. The second kappa shape index (κ2) is 5.51. The lowest BCUT2D eigenvalue weighted by molar-refractivity contribution is -0.193. The fourth-order valence-electron chi connectivity index (χ4n) is 3.03. The summed E-state index contributed by atoms with van der Waals surface area (Å²) in [7, 11) is 1.41. The lowest BCUT2D eigenvalue weighted by Crippen LogP contribution is -2.78. The van der Waals surface area contributed by atoms with E-state index in [4.69, 9.17) is 15.2 Å². The number of carbonyl (C=O) groups excluding carboxylic acids is 2. The Kier molecular flexibility index (Phi) is 3.90. The Labute approximate surface area is 139 Å². The summed E-state index contributed by atoms with van der Waals surface area (Å²) in [6, 6.07) is 8.77. The van der Waals surface area contributed by atoms with Crippen molar-refractivity contribution in [3.05, 3.63) is 35.9 Å². The molecule has 1 amide bonds. The van der Waals surface area contributed by atoms with Gasteiger partial charge >= 0.3 is 5.97 Å². The number of fused-ring (bicyclic) bond motifs is 1. The van der Waals surface area contributed by atoms with Crippen molar-refractivity contribution in [3.63, 3.8) is 0 Å². The predicted molar refractivity (Wildman–Crippen MR) is 86.3 cm³/mol. The van der Waals surface area contributed by atoms with Crippen LogP contribution in [0.1, 0.15) is 19.4 Å². The number of β-lactam (4-membered cyclic amide) rings is 1. The molecule has 1 unspecified atom stereocenters. The van der Waals surface area contributed by atoms with E-state index in [1.807, 2.05) is 44.2 Å². The van der Waals surface area contributed by atoms with Gasteiger partial charge < -0.3 is 14.4 Å². The van der Waals surface area contributed by atoms with Crippen LogP contribution in [0.15, 0.2) is 30.3 Å². The smallest absolute Gasteiger partial charge is 0.330 e. The van der Waals surface area contributed by atoms with Gasteiger partial charge in [-0.25, -0.2) is 4.79 Å². The Morgan fingerprint density at radius 3 is 2.61 bits per heavy atom. The molecule has 0 saturated carbocycles. The molecule has 2 heterocycles. The lowest BCUT2D eigenvalue weighted by atomic mass is 9.94. The quantitative estimate of drug-likeness (QED) is 0.504. The van der Waals surface area contributed by atoms with Crippen molar-refractivity contribution in [2.75, 3.05) is 7.11 Å². The lowest BCUT2D eigenvalue weighted by Gasteiger charge is -2.49. The van der Waals surface area contributed by atoms with E-state index in [-0.39, 0.29) is 17.9 Å². The van der Waals surface area contributed by atoms with Gasteiger partial charge in [-0.2, -0.15) is 0 Å². The van der Waals surface area contributed by atoms with Gasteiger partial charge in [-0.05, 0) is 19.4 Å². The molecule has 2 saturated heterocycles. The number of rotatable bonds is 4. The normalized spacial score (nSPS) is 31.5. The topological polar surface area (TPSA) is 81.9 Å². The van der Waals surface area contributed by atoms with Gasteiger partial charge in [0.2, 0.25) is 5.72 Å². The Balaban J connectivity index is 1.74. The molecule has 23 heavy (non-hydrogen) atoms. The highest BCUT2D eigenvalue weighted by Gasteiger charge is 2.71.